The number of aliphatic carboxylic acids is 1. The van der Waals surface area contributed by atoms with Crippen LogP contribution in [0.3, 0.4) is 0 Å². The van der Waals surface area contributed by atoms with E-state index in [1.807, 2.05) is 0 Å². The minimum absolute atomic E-state index is 0.0190. The van der Waals surface area contributed by atoms with Gasteiger partial charge in [-0.1, -0.05) is 0 Å². The van der Waals surface area contributed by atoms with Gasteiger partial charge in [-0.05, 0) is 0 Å². The van der Waals surface area contributed by atoms with Gasteiger partial charge in [-0.2, -0.15) is 0 Å². The predicted octanol–water partition coefficient (Wildman–Crippen LogP) is -1.85. The van der Waals surface area contributed by atoms with E-state index in [1.54, 1.807) is 0 Å². The average Bonchev–Trinajstić information content (AvgIpc) is 2.11. The van der Waals surface area contributed by atoms with Crippen LogP contribution in [0.4, 0.5) is 0 Å². The summed E-state index contributed by atoms with van der Waals surface area (Å²) in [5.41, 5.74) is -2.39. The van der Waals surface area contributed by atoms with Crippen LogP contribution in [0.15, 0.2) is 0 Å². The van der Waals surface area contributed by atoms with Gasteiger partial charge in [-0.25, -0.2) is 4.79 Å². The monoisotopic (exact) mass is 192 g/mol. The summed E-state index contributed by atoms with van der Waals surface area (Å²) in [6.45, 7) is -1.59. The Hall–Kier alpha value is -1.63. The highest BCUT2D eigenvalue weighted by molar-refractivity contribution is 5.77. The molecule has 0 amide bonds. The van der Waals surface area contributed by atoms with Crippen molar-refractivity contribution in [3.8, 4) is 0 Å². The molecule has 74 valence electrons. The van der Waals surface area contributed by atoms with Crippen LogP contribution < -0.4 is 0 Å². The molecule has 0 rings (SSSR count). The second kappa shape index (κ2) is 5.09. The zero-order valence-corrected chi connectivity index (χ0v) is 6.50. The number of carbonyl (C=O) groups excluding carboxylic acids is 2. The Balaban J connectivity index is 4.23. The Morgan fingerprint density at radius 2 is 1.62 bits per heavy atom. The van der Waals surface area contributed by atoms with Crippen molar-refractivity contribution >= 4 is 18.9 Å². The van der Waals surface area contributed by atoms with Crippen LogP contribution in [0.2, 0.25) is 0 Å². The largest absolute Gasteiger partial charge is 0.479 e. The van der Waals surface area contributed by atoms with Crippen molar-refractivity contribution in [1.82, 2.24) is 0 Å². The van der Waals surface area contributed by atoms with Crippen molar-refractivity contribution in [3.05, 3.63) is 0 Å². The lowest BCUT2D eigenvalue weighted by Gasteiger charge is -2.19. The molecule has 0 aromatic carbocycles. The highest BCUT2D eigenvalue weighted by Gasteiger charge is 2.38. The van der Waals surface area contributed by atoms with Crippen molar-refractivity contribution in [2.24, 2.45) is 0 Å². The molecule has 0 heterocycles. The smallest absolute Gasteiger partial charge is 0.343 e. The van der Waals surface area contributed by atoms with Crippen molar-refractivity contribution in [2.75, 3.05) is 13.2 Å². The maximum absolute atomic E-state index is 10.4. The first-order chi connectivity index (χ1) is 6.06. The zero-order chi connectivity index (χ0) is 10.3. The molecule has 0 atom stereocenters. The van der Waals surface area contributed by atoms with Gasteiger partial charge in [0, 0.05) is 0 Å². The molecule has 0 bridgehead atoms. The number of carbonyl (C=O) groups is 3. The van der Waals surface area contributed by atoms with E-state index in [2.05, 4.69) is 9.47 Å². The van der Waals surface area contributed by atoms with E-state index in [1.165, 1.54) is 0 Å². The highest BCUT2D eigenvalue weighted by Crippen LogP contribution is 2.05. The lowest BCUT2D eigenvalue weighted by Crippen LogP contribution is -2.47. The summed E-state index contributed by atoms with van der Waals surface area (Å²) in [6, 6.07) is 0. The quantitative estimate of drug-likeness (QED) is 0.455. The van der Waals surface area contributed by atoms with Gasteiger partial charge in [0.15, 0.2) is 0 Å². The summed E-state index contributed by atoms with van der Waals surface area (Å²) < 4.78 is 8.10. The summed E-state index contributed by atoms with van der Waals surface area (Å²) in [5, 5.41) is 17.6. The first kappa shape index (κ1) is 11.4. The molecule has 7 heteroatoms. The third-order valence-corrected chi connectivity index (χ3v) is 1.18. The van der Waals surface area contributed by atoms with Gasteiger partial charge in [0.2, 0.25) is 5.60 Å². The second-order valence-electron chi connectivity index (χ2n) is 2.15. The summed E-state index contributed by atoms with van der Waals surface area (Å²) in [6.07, 6.45) is 0. The first-order valence-corrected chi connectivity index (χ1v) is 3.13. The summed E-state index contributed by atoms with van der Waals surface area (Å²) in [7, 11) is 0. The standard InChI is InChI=1S/C6H8O7/c7-3-12-1-6(11,5(9)10)2-13-4-8/h3-4,11H,1-2H2,(H,9,10). The fourth-order valence-electron chi connectivity index (χ4n) is 0.509. The highest BCUT2D eigenvalue weighted by atomic mass is 16.6. The van der Waals surface area contributed by atoms with Gasteiger partial charge in [0.25, 0.3) is 12.9 Å². The normalized spacial score (nSPS) is 10.2. The van der Waals surface area contributed by atoms with E-state index >= 15 is 0 Å². The van der Waals surface area contributed by atoms with E-state index < -0.39 is 24.8 Å². The van der Waals surface area contributed by atoms with Gasteiger partial charge in [-0.3, -0.25) is 9.59 Å². The number of hydrogen-bond donors (Lipinski definition) is 2. The maximum atomic E-state index is 10.4. The number of ether oxygens (including phenoxy) is 2. The molecule has 0 aliphatic heterocycles. The number of aliphatic hydroxyl groups is 1. The third kappa shape index (κ3) is 3.52. The molecule has 13 heavy (non-hydrogen) atoms. The van der Waals surface area contributed by atoms with Gasteiger partial charge in [0.1, 0.15) is 13.2 Å². The van der Waals surface area contributed by atoms with E-state index in [0.717, 1.165) is 0 Å². The molecule has 7 nitrogen and oxygen atoms in total. The number of carboxylic acid groups (broad SMARTS) is 1. The van der Waals surface area contributed by atoms with Crippen LogP contribution in [-0.2, 0) is 23.9 Å². The molecule has 0 aromatic rings. The lowest BCUT2D eigenvalue weighted by molar-refractivity contribution is -0.174. The van der Waals surface area contributed by atoms with E-state index in [4.69, 9.17) is 5.11 Å². The van der Waals surface area contributed by atoms with Crippen molar-refractivity contribution in [1.29, 1.82) is 0 Å². The summed E-state index contributed by atoms with van der Waals surface area (Å²) >= 11 is 0. The predicted molar refractivity (Wildman–Crippen MR) is 36.6 cm³/mol. The summed E-state index contributed by atoms with van der Waals surface area (Å²) in [5.74, 6) is -1.64. The topological polar surface area (TPSA) is 110 Å². The number of hydrogen-bond acceptors (Lipinski definition) is 6. The van der Waals surface area contributed by atoms with Crippen molar-refractivity contribution < 1.29 is 34.1 Å². The van der Waals surface area contributed by atoms with Crippen molar-refractivity contribution in [3.63, 3.8) is 0 Å². The van der Waals surface area contributed by atoms with E-state index in [9.17, 15) is 19.5 Å². The Labute approximate surface area is 72.9 Å². The molecule has 0 aromatic heterocycles. The molecule has 0 fully saturated rings. The number of carboxylic acids is 1. The van der Waals surface area contributed by atoms with Gasteiger partial charge in [-0.15, -0.1) is 0 Å². The Kier molecular flexibility index (Phi) is 4.45. The van der Waals surface area contributed by atoms with E-state index in [-0.39, 0.29) is 12.9 Å². The van der Waals surface area contributed by atoms with Crippen LogP contribution in [0, 0.1) is 0 Å². The van der Waals surface area contributed by atoms with Gasteiger partial charge >= 0.3 is 5.97 Å². The molecule has 0 aliphatic rings. The molecule has 2 N–H and O–H groups in total. The van der Waals surface area contributed by atoms with Crippen LogP contribution >= 0.6 is 0 Å². The minimum Gasteiger partial charge on any atom is -0.479 e. The Bertz CT molecular complexity index is 187. The van der Waals surface area contributed by atoms with Gasteiger partial charge in [0.05, 0.1) is 0 Å². The molecular formula is C6H8O7. The number of rotatable bonds is 7. The molecular weight excluding hydrogens is 184 g/mol. The molecule has 0 saturated carbocycles. The average molecular weight is 192 g/mol. The first-order valence-electron chi connectivity index (χ1n) is 3.13. The van der Waals surface area contributed by atoms with Crippen LogP contribution in [0.25, 0.3) is 0 Å². The third-order valence-electron chi connectivity index (χ3n) is 1.18. The van der Waals surface area contributed by atoms with Crippen LogP contribution in [-0.4, -0.2) is 47.9 Å². The fraction of sp³-hybridized carbons (Fsp3) is 0.500. The fourth-order valence-corrected chi connectivity index (χ4v) is 0.509. The maximum Gasteiger partial charge on any atom is 0.343 e. The van der Waals surface area contributed by atoms with Crippen molar-refractivity contribution in [2.45, 2.75) is 5.60 Å². The minimum atomic E-state index is -2.39. The summed E-state index contributed by atoms with van der Waals surface area (Å²) in [4.78, 5) is 29.8. The van der Waals surface area contributed by atoms with Crippen LogP contribution in [0.1, 0.15) is 0 Å². The zero-order valence-electron chi connectivity index (χ0n) is 6.50. The Morgan fingerprint density at radius 3 is 1.85 bits per heavy atom. The second-order valence-corrected chi connectivity index (χ2v) is 2.15. The molecule has 0 radical (unpaired) electrons. The SMILES string of the molecule is O=COCC(O)(COC=O)C(=O)O. The molecule has 0 unspecified atom stereocenters. The van der Waals surface area contributed by atoms with E-state index in [0.29, 0.717) is 0 Å². The molecule has 0 spiro atoms. The molecule has 0 aliphatic carbocycles. The van der Waals surface area contributed by atoms with Gasteiger partial charge < -0.3 is 19.7 Å². The van der Waals surface area contributed by atoms with Crippen LogP contribution in [0.5, 0.6) is 0 Å². The Morgan fingerprint density at radius 1 is 1.23 bits per heavy atom. The molecule has 0 saturated heterocycles. The lowest BCUT2D eigenvalue weighted by atomic mass is 10.1.